The molecule has 0 aliphatic carbocycles. The Morgan fingerprint density at radius 2 is 0.970 bits per heavy atom. The highest BCUT2D eigenvalue weighted by Crippen LogP contribution is 2.45. The molecule has 2 aliphatic rings. The second-order valence-electron chi connectivity index (χ2n) is 19.1. The van der Waals surface area contributed by atoms with E-state index in [1.165, 1.54) is 66.9 Å². The first kappa shape index (κ1) is 53.4. The fourth-order valence-electron chi connectivity index (χ4n) is 10.5. The van der Waals surface area contributed by atoms with Crippen LogP contribution in [0.3, 0.4) is 0 Å². The number of nitrogens with zero attached hydrogens (tertiary/aromatic N) is 6. The summed E-state index contributed by atoms with van der Waals surface area (Å²) in [6, 6.07) is 13.1. The first-order valence-electron chi connectivity index (χ1n) is 23.4. The van der Waals surface area contributed by atoms with Crippen molar-refractivity contribution in [1.29, 1.82) is 0 Å². The van der Waals surface area contributed by atoms with Crippen molar-refractivity contribution in [3.05, 3.63) is 103 Å². The molecule has 1 atom stereocenters. The molecule has 2 saturated heterocycles. The smallest absolute Gasteiger partial charge is 0.325 e. The van der Waals surface area contributed by atoms with Crippen LogP contribution in [0.1, 0.15) is 90.2 Å². The summed E-state index contributed by atoms with van der Waals surface area (Å²) in [5.74, 6) is 0.984. The average molecular weight is 1100 g/mol. The lowest BCUT2D eigenvalue weighted by atomic mass is 9.93. The van der Waals surface area contributed by atoms with Gasteiger partial charge in [0.1, 0.15) is 11.3 Å². The minimum absolute atomic E-state index is 0. The van der Waals surface area contributed by atoms with Crippen LogP contribution in [0.2, 0.25) is 0 Å². The van der Waals surface area contributed by atoms with E-state index >= 15 is 0 Å². The van der Waals surface area contributed by atoms with Crippen LogP contribution < -0.4 is 9.80 Å². The Bertz CT molecular complexity index is 2800. The summed E-state index contributed by atoms with van der Waals surface area (Å²) in [7, 11) is -6.36. The molecule has 2 fully saturated rings. The molecule has 0 spiro atoms. The van der Waals surface area contributed by atoms with Gasteiger partial charge in [0.25, 0.3) is 0 Å². The molecule has 0 saturated carbocycles. The standard InChI is InChI=1S/C27H37BrN3O2P.C24H31BrN3O3P.ClH/c1-7-33-34(6,32)13-10-22-8-11-30(12-9-22)24-16-21(5)29-27-25(24)20(4)17-31(27)26-18(2)14-23(28)15-19(26)3;1-15-11-20(25)12-16(2)23(15)28-14-17(3)22-21(13-18(4)26-24(22)28)27-8-5-19(6-9-27)7-10-32(29,30)31;/h14-17,22H,7-13H2,1-6H3;11-14,19H,5-10H2,1-4H3,(H2,29,30,31);1H. The maximum absolute atomic E-state index is 12.5. The Morgan fingerprint density at radius 3 is 1.31 bits per heavy atom. The van der Waals surface area contributed by atoms with Gasteiger partial charge in [0.15, 0.2) is 7.37 Å². The summed E-state index contributed by atoms with van der Waals surface area (Å²) in [5.41, 5.74) is 16.2. The molecule has 0 radical (unpaired) electrons. The van der Waals surface area contributed by atoms with Gasteiger partial charge in [0.05, 0.1) is 24.1 Å². The summed E-state index contributed by atoms with van der Waals surface area (Å²) in [6.07, 6.45) is 10.9. The Labute approximate surface area is 420 Å². The van der Waals surface area contributed by atoms with E-state index in [0.717, 1.165) is 89.9 Å². The summed E-state index contributed by atoms with van der Waals surface area (Å²) in [5, 5.41) is 2.44. The van der Waals surface area contributed by atoms with E-state index in [-0.39, 0.29) is 18.6 Å². The van der Waals surface area contributed by atoms with E-state index < -0.39 is 15.0 Å². The molecule has 6 aromatic rings. The van der Waals surface area contributed by atoms with Crippen molar-refractivity contribution >= 4 is 92.7 Å². The largest absolute Gasteiger partial charge is 0.371 e. The zero-order valence-corrected chi connectivity index (χ0v) is 46.6. The number of halogens is 3. The molecular weight excluding hydrogens is 1030 g/mol. The number of anilines is 2. The SMILES string of the molecule is CCOP(C)(=O)CCC1CCN(c2cc(C)nc3c2c(C)cn3-c2c(C)cc(Br)cc2C)CC1.Cc1cc(N2CCC(CCP(=O)(O)O)CC2)c2c(C)cn(-c3c(C)cc(Br)cc3C)c2n1.Cl. The fourth-order valence-corrected chi connectivity index (χ4v) is 14.0. The second kappa shape index (κ2) is 22.0. The van der Waals surface area contributed by atoms with Gasteiger partial charge in [0, 0.05) is 93.9 Å². The van der Waals surface area contributed by atoms with Gasteiger partial charge in [-0.1, -0.05) is 31.9 Å². The molecule has 11 nitrogen and oxygen atoms in total. The number of hydrogen-bond donors (Lipinski definition) is 2. The van der Waals surface area contributed by atoms with Crippen molar-refractivity contribution in [3.8, 4) is 11.4 Å². The van der Waals surface area contributed by atoms with Gasteiger partial charge in [-0.2, -0.15) is 0 Å². The van der Waals surface area contributed by atoms with E-state index in [1.54, 1.807) is 6.66 Å². The number of rotatable bonds is 12. The summed E-state index contributed by atoms with van der Waals surface area (Å²) in [4.78, 5) is 33.3. The maximum Gasteiger partial charge on any atom is 0.325 e. The van der Waals surface area contributed by atoms with Crippen molar-refractivity contribution in [2.45, 2.75) is 101 Å². The average Bonchev–Trinajstić information content (AvgIpc) is 3.73. The van der Waals surface area contributed by atoms with Crippen LogP contribution in [0.15, 0.2) is 57.7 Å². The number of piperidine rings is 2. The van der Waals surface area contributed by atoms with Crippen molar-refractivity contribution in [2.24, 2.45) is 11.8 Å². The molecule has 0 bridgehead atoms. The lowest BCUT2D eigenvalue weighted by molar-refractivity contribution is 0.329. The maximum atomic E-state index is 12.5. The molecule has 1 unspecified atom stereocenters. The van der Waals surface area contributed by atoms with Crippen molar-refractivity contribution in [1.82, 2.24) is 19.1 Å². The first-order valence-corrected chi connectivity index (χ1v) is 29.1. The Balaban J connectivity index is 0.000000218. The van der Waals surface area contributed by atoms with Gasteiger partial charge < -0.3 is 33.2 Å². The molecular formula is C51H69Br2ClN6O5P2. The molecule has 4 aromatic heterocycles. The Morgan fingerprint density at radius 1 is 0.612 bits per heavy atom. The number of benzene rings is 2. The Hall–Kier alpha value is -2.99. The molecule has 67 heavy (non-hydrogen) atoms. The number of hydrogen-bond acceptors (Lipinski definition) is 7. The predicted molar refractivity (Wildman–Crippen MR) is 289 cm³/mol. The number of pyridine rings is 2. The molecule has 0 amide bonds. The first-order chi connectivity index (χ1) is 31.1. The molecule has 8 rings (SSSR count). The van der Waals surface area contributed by atoms with E-state index in [2.05, 4.69) is 148 Å². The molecule has 6 heterocycles. The van der Waals surface area contributed by atoms with Crippen LogP contribution in [0.25, 0.3) is 33.4 Å². The van der Waals surface area contributed by atoms with Crippen LogP contribution in [-0.2, 0) is 13.7 Å². The van der Waals surface area contributed by atoms with Crippen molar-refractivity contribution in [2.75, 3.05) is 61.6 Å². The zero-order chi connectivity index (χ0) is 47.8. The minimum atomic E-state index is -3.92. The third-order valence-corrected chi connectivity index (χ3v) is 17.2. The summed E-state index contributed by atoms with van der Waals surface area (Å²) in [6.45, 7) is 25.1. The zero-order valence-electron chi connectivity index (χ0n) is 40.8. The fraction of sp³-hybridized carbons (Fsp3) is 0.490. The van der Waals surface area contributed by atoms with Crippen molar-refractivity contribution < 1.29 is 23.4 Å². The number of aryl methyl sites for hydroxylation is 8. The van der Waals surface area contributed by atoms with Crippen LogP contribution >= 0.6 is 59.2 Å². The van der Waals surface area contributed by atoms with E-state index in [0.29, 0.717) is 31.0 Å². The quantitative estimate of drug-likeness (QED) is 0.115. The highest BCUT2D eigenvalue weighted by molar-refractivity contribution is 9.10. The van der Waals surface area contributed by atoms with E-state index in [9.17, 15) is 18.9 Å². The molecule has 16 heteroatoms. The topological polar surface area (TPSA) is 126 Å². The second-order valence-corrected chi connectivity index (χ2v) is 25.4. The lowest BCUT2D eigenvalue weighted by Crippen LogP contribution is -2.34. The minimum Gasteiger partial charge on any atom is -0.371 e. The van der Waals surface area contributed by atoms with Crippen molar-refractivity contribution in [3.63, 3.8) is 0 Å². The highest BCUT2D eigenvalue weighted by atomic mass is 79.9. The van der Waals surface area contributed by atoms with Crippen LogP contribution in [0, 0.1) is 67.2 Å². The van der Waals surface area contributed by atoms with Gasteiger partial charge in [-0.3, -0.25) is 9.13 Å². The van der Waals surface area contributed by atoms with Gasteiger partial charge >= 0.3 is 7.60 Å². The lowest BCUT2D eigenvalue weighted by Gasteiger charge is -2.34. The van der Waals surface area contributed by atoms with E-state index in [1.807, 2.05) is 13.8 Å². The third kappa shape index (κ3) is 12.5. The molecule has 2 N–H and O–H groups in total. The monoisotopic (exact) mass is 1100 g/mol. The van der Waals surface area contributed by atoms with Gasteiger partial charge in [0.2, 0.25) is 0 Å². The molecule has 2 aliphatic heterocycles. The number of aromatic nitrogens is 4. The van der Waals surface area contributed by atoms with Gasteiger partial charge in [-0.15, -0.1) is 12.4 Å². The third-order valence-electron chi connectivity index (χ3n) is 13.6. The van der Waals surface area contributed by atoms with Crippen LogP contribution in [0.5, 0.6) is 0 Å². The summed E-state index contributed by atoms with van der Waals surface area (Å²) >= 11 is 7.23. The predicted octanol–water partition coefficient (Wildman–Crippen LogP) is 13.8. The summed E-state index contributed by atoms with van der Waals surface area (Å²) < 4.78 is 35.9. The highest BCUT2D eigenvalue weighted by Gasteiger charge is 2.28. The van der Waals surface area contributed by atoms with E-state index in [4.69, 9.17) is 14.5 Å². The number of fused-ring (bicyclic) bond motifs is 2. The van der Waals surface area contributed by atoms with Crippen LogP contribution in [-0.4, -0.2) is 80.7 Å². The molecule has 364 valence electrons. The van der Waals surface area contributed by atoms with Gasteiger partial charge in [-0.25, -0.2) is 9.97 Å². The van der Waals surface area contributed by atoms with Crippen LogP contribution in [0.4, 0.5) is 11.4 Å². The normalized spacial score (nSPS) is 16.0. The Kier molecular flexibility index (Phi) is 17.5. The van der Waals surface area contributed by atoms with Gasteiger partial charge in [-0.05, 0) is 182 Å². The molecule has 2 aromatic carbocycles.